The number of anilines is 1. The number of alkyl halides is 3. The van der Waals surface area contributed by atoms with Gasteiger partial charge in [0, 0.05) is 18.0 Å². The molecular formula is C18H16F3N7. The van der Waals surface area contributed by atoms with Crippen LogP contribution in [0, 0.1) is 16.7 Å². The van der Waals surface area contributed by atoms with E-state index in [1.807, 2.05) is 0 Å². The van der Waals surface area contributed by atoms with Crippen LogP contribution in [0.5, 0.6) is 0 Å². The van der Waals surface area contributed by atoms with Gasteiger partial charge in [-0.3, -0.25) is 9.78 Å². The van der Waals surface area contributed by atoms with Crippen LogP contribution in [0.3, 0.4) is 0 Å². The van der Waals surface area contributed by atoms with E-state index in [0.717, 1.165) is 25.7 Å². The second-order valence-corrected chi connectivity index (χ2v) is 7.79. The van der Waals surface area contributed by atoms with Crippen molar-refractivity contribution in [2.45, 2.75) is 37.4 Å². The third-order valence-electron chi connectivity index (χ3n) is 5.73. The number of aromatic nitrogens is 5. The van der Waals surface area contributed by atoms with Crippen LogP contribution >= 0.6 is 0 Å². The Bertz CT molecular complexity index is 1090. The number of H-pyrrole nitrogens is 1. The summed E-state index contributed by atoms with van der Waals surface area (Å²) in [4.78, 5) is 4.04. The highest BCUT2D eigenvalue weighted by Gasteiger charge is 2.62. The molecule has 0 radical (unpaired) electrons. The molecule has 0 amide bonds. The van der Waals surface area contributed by atoms with E-state index in [1.165, 1.54) is 6.20 Å². The van der Waals surface area contributed by atoms with Gasteiger partial charge in [-0.05, 0) is 37.2 Å². The van der Waals surface area contributed by atoms with Crippen molar-refractivity contribution in [2.75, 3.05) is 11.9 Å². The van der Waals surface area contributed by atoms with Crippen LogP contribution in [0.2, 0.25) is 0 Å². The van der Waals surface area contributed by atoms with Crippen molar-refractivity contribution >= 4 is 16.7 Å². The maximum atomic E-state index is 12.6. The van der Waals surface area contributed by atoms with Crippen LogP contribution in [0.15, 0.2) is 24.7 Å². The summed E-state index contributed by atoms with van der Waals surface area (Å²) in [7, 11) is 0. The molecule has 3 heterocycles. The summed E-state index contributed by atoms with van der Waals surface area (Å²) in [5, 5.41) is 23.9. The van der Waals surface area contributed by atoms with Crippen LogP contribution in [-0.2, 0) is 5.54 Å². The van der Waals surface area contributed by atoms with Gasteiger partial charge in [0.05, 0.1) is 23.2 Å². The first-order chi connectivity index (χ1) is 13.3. The highest BCUT2D eigenvalue weighted by Crippen LogP contribution is 2.67. The van der Waals surface area contributed by atoms with Gasteiger partial charge in [-0.25, -0.2) is 4.98 Å². The molecule has 5 rings (SSSR count). The lowest BCUT2D eigenvalue weighted by Crippen LogP contribution is -2.46. The molecular weight excluding hydrogens is 371 g/mol. The van der Waals surface area contributed by atoms with Gasteiger partial charge in [0.1, 0.15) is 23.6 Å². The second kappa shape index (κ2) is 5.47. The van der Waals surface area contributed by atoms with Gasteiger partial charge in [0.15, 0.2) is 0 Å². The largest absolute Gasteiger partial charge is 0.405 e. The van der Waals surface area contributed by atoms with Gasteiger partial charge in [0.2, 0.25) is 0 Å². The molecule has 0 saturated heterocycles. The van der Waals surface area contributed by atoms with E-state index >= 15 is 0 Å². The summed E-state index contributed by atoms with van der Waals surface area (Å²) in [6.07, 6.45) is 4.30. The van der Waals surface area contributed by atoms with Gasteiger partial charge in [-0.15, -0.1) is 0 Å². The summed E-state index contributed by atoms with van der Waals surface area (Å²) < 4.78 is 39.5. The maximum Gasteiger partial charge on any atom is 0.405 e. The maximum absolute atomic E-state index is 12.6. The standard InChI is InChI=1S/C18H16F3N7/c19-18(20,21)10-24-15-13-12(1-4-23-15)26-27-14(13)11-5-25-28(6-11)17(9-22)7-16(8-17)2-3-16/h1,4-6H,2-3,7-8,10H2,(H,23,24)(H,26,27). The van der Waals surface area contributed by atoms with Gasteiger partial charge in [-0.2, -0.15) is 28.6 Å². The monoisotopic (exact) mass is 387 g/mol. The number of nitriles is 1. The Labute approximate surface area is 157 Å². The molecule has 3 aromatic heterocycles. The zero-order valence-corrected chi connectivity index (χ0v) is 14.7. The van der Waals surface area contributed by atoms with Crippen molar-refractivity contribution in [3.63, 3.8) is 0 Å². The summed E-state index contributed by atoms with van der Waals surface area (Å²) >= 11 is 0. The predicted molar refractivity (Wildman–Crippen MR) is 94.1 cm³/mol. The fourth-order valence-electron chi connectivity index (χ4n) is 4.18. The number of rotatable bonds is 4. The number of hydrogen-bond acceptors (Lipinski definition) is 5. The highest BCUT2D eigenvalue weighted by atomic mass is 19.4. The summed E-state index contributed by atoms with van der Waals surface area (Å²) in [5.74, 6) is 0.0990. The van der Waals surface area contributed by atoms with E-state index in [2.05, 4.69) is 31.7 Å². The molecule has 144 valence electrons. The first kappa shape index (κ1) is 17.0. The van der Waals surface area contributed by atoms with Crippen LogP contribution in [0.4, 0.5) is 19.0 Å². The molecule has 2 aliphatic rings. The Kier molecular flexibility index (Phi) is 3.33. The molecule has 28 heavy (non-hydrogen) atoms. The van der Waals surface area contributed by atoms with Gasteiger partial charge in [0.25, 0.3) is 0 Å². The van der Waals surface area contributed by atoms with E-state index in [9.17, 15) is 18.4 Å². The average molecular weight is 387 g/mol. The molecule has 2 N–H and O–H groups in total. The van der Waals surface area contributed by atoms with Crippen molar-refractivity contribution in [3.05, 3.63) is 24.7 Å². The van der Waals surface area contributed by atoms with Gasteiger partial charge >= 0.3 is 6.18 Å². The minimum Gasteiger partial charge on any atom is -0.361 e. The number of fused-ring (bicyclic) bond motifs is 1. The highest BCUT2D eigenvalue weighted by molar-refractivity contribution is 6.00. The molecule has 0 unspecified atom stereocenters. The molecule has 1 spiro atoms. The normalized spacial score (nSPS) is 19.4. The average Bonchev–Trinajstić information content (AvgIpc) is 3.06. The van der Waals surface area contributed by atoms with Crippen LogP contribution < -0.4 is 5.32 Å². The van der Waals surface area contributed by atoms with E-state index in [4.69, 9.17) is 0 Å². The Hall–Kier alpha value is -3.09. The van der Waals surface area contributed by atoms with Crippen molar-refractivity contribution in [3.8, 4) is 17.3 Å². The number of hydrogen-bond donors (Lipinski definition) is 2. The number of nitrogens with zero attached hydrogens (tertiary/aromatic N) is 5. The van der Waals surface area contributed by atoms with Crippen molar-refractivity contribution in [1.29, 1.82) is 5.26 Å². The van der Waals surface area contributed by atoms with E-state index < -0.39 is 18.3 Å². The smallest absolute Gasteiger partial charge is 0.361 e. The van der Waals surface area contributed by atoms with Crippen molar-refractivity contribution in [1.82, 2.24) is 25.0 Å². The Morgan fingerprint density at radius 2 is 2.11 bits per heavy atom. The summed E-state index contributed by atoms with van der Waals surface area (Å²) in [5.41, 5.74) is 1.32. The van der Waals surface area contributed by atoms with Crippen molar-refractivity contribution in [2.24, 2.45) is 5.41 Å². The van der Waals surface area contributed by atoms with Crippen LogP contribution in [0.1, 0.15) is 25.7 Å². The molecule has 2 aliphatic carbocycles. The number of pyridine rings is 1. The lowest BCUT2D eigenvalue weighted by Gasteiger charge is -2.43. The third-order valence-corrected chi connectivity index (χ3v) is 5.73. The first-order valence-electron chi connectivity index (χ1n) is 8.94. The molecule has 7 nitrogen and oxygen atoms in total. The third kappa shape index (κ3) is 2.61. The fourth-order valence-corrected chi connectivity index (χ4v) is 4.18. The molecule has 2 saturated carbocycles. The molecule has 10 heteroatoms. The second-order valence-electron chi connectivity index (χ2n) is 7.79. The van der Waals surface area contributed by atoms with Crippen LogP contribution in [-0.4, -0.2) is 37.7 Å². The molecule has 2 fully saturated rings. The zero-order valence-electron chi connectivity index (χ0n) is 14.7. The predicted octanol–water partition coefficient (Wildman–Crippen LogP) is 3.59. The Morgan fingerprint density at radius 3 is 2.79 bits per heavy atom. The van der Waals surface area contributed by atoms with E-state index in [-0.39, 0.29) is 5.82 Å². The lowest BCUT2D eigenvalue weighted by molar-refractivity contribution is -0.115. The van der Waals surface area contributed by atoms with Crippen molar-refractivity contribution < 1.29 is 13.2 Å². The Balaban J connectivity index is 1.50. The van der Waals surface area contributed by atoms with Gasteiger partial charge in [-0.1, -0.05) is 0 Å². The Morgan fingerprint density at radius 1 is 1.32 bits per heavy atom. The lowest BCUT2D eigenvalue weighted by atomic mass is 9.66. The SMILES string of the molecule is N#CC1(n2cc(-c3n[nH]c4ccnc(NCC(F)(F)F)c34)cn2)CC2(CC2)C1. The van der Waals surface area contributed by atoms with E-state index in [0.29, 0.717) is 27.6 Å². The topological polar surface area (TPSA) is 95.2 Å². The molecule has 0 bridgehead atoms. The zero-order chi connectivity index (χ0) is 19.6. The summed E-state index contributed by atoms with van der Waals surface area (Å²) in [6, 6.07) is 4.04. The molecule has 3 aromatic rings. The number of aromatic amines is 1. The van der Waals surface area contributed by atoms with E-state index in [1.54, 1.807) is 23.1 Å². The van der Waals surface area contributed by atoms with Gasteiger partial charge < -0.3 is 5.32 Å². The molecule has 0 aromatic carbocycles. The molecule has 0 aliphatic heterocycles. The summed E-state index contributed by atoms with van der Waals surface area (Å²) in [6.45, 7) is -1.19. The van der Waals surface area contributed by atoms with Crippen LogP contribution in [0.25, 0.3) is 22.2 Å². The first-order valence-corrected chi connectivity index (χ1v) is 8.94. The number of halogens is 3. The molecule has 0 atom stereocenters. The quantitative estimate of drug-likeness (QED) is 0.713. The minimum atomic E-state index is -4.36. The number of nitrogens with one attached hydrogen (secondary N) is 2. The minimum absolute atomic E-state index is 0.0990. The fraction of sp³-hybridized carbons (Fsp3) is 0.444.